The van der Waals surface area contributed by atoms with E-state index in [1.54, 1.807) is 0 Å². The lowest BCUT2D eigenvalue weighted by molar-refractivity contribution is 1.14. The summed E-state index contributed by atoms with van der Waals surface area (Å²) in [6.45, 7) is 2.15. The molecule has 2 heteroatoms. The van der Waals surface area contributed by atoms with Gasteiger partial charge >= 0.3 is 0 Å². The zero-order chi connectivity index (χ0) is 12.1. The van der Waals surface area contributed by atoms with Crippen LogP contribution in [0.25, 0.3) is 0 Å². The van der Waals surface area contributed by atoms with Gasteiger partial charge in [-0.05, 0) is 23.6 Å². The molecule has 86 valence electrons. The minimum atomic E-state index is 0.786. The summed E-state index contributed by atoms with van der Waals surface area (Å²) in [6, 6.07) is 16.1. The summed E-state index contributed by atoms with van der Waals surface area (Å²) in [4.78, 5) is 5.19. The molecule has 0 saturated heterocycles. The molecule has 2 aromatic rings. The Labute approximate surface area is 108 Å². The molecule has 17 heavy (non-hydrogen) atoms. The van der Waals surface area contributed by atoms with Gasteiger partial charge in [0.05, 0.1) is 0 Å². The fraction of sp³-hybridized carbons (Fsp3) is 0.133. The molecular formula is C15H14NS-. The first-order valence-electron chi connectivity index (χ1n) is 5.68. The van der Waals surface area contributed by atoms with Crippen LogP contribution in [0.3, 0.4) is 0 Å². The SMILES string of the molecule is CCc1ccc(C=Nc2ccccc2[S-])cc1. The molecule has 0 aromatic heterocycles. The summed E-state index contributed by atoms with van der Waals surface area (Å²) in [5, 5.41) is 0. The molecule has 0 unspecified atom stereocenters. The molecule has 0 amide bonds. The van der Waals surface area contributed by atoms with E-state index in [1.165, 1.54) is 5.56 Å². The van der Waals surface area contributed by atoms with E-state index in [-0.39, 0.29) is 0 Å². The van der Waals surface area contributed by atoms with E-state index in [4.69, 9.17) is 12.6 Å². The predicted octanol–water partition coefficient (Wildman–Crippen LogP) is 3.91. The third-order valence-corrected chi connectivity index (χ3v) is 2.95. The van der Waals surface area contributed by atoms with Crippen molar-refractivity contribution in [2.75, 3.05) is 0 Å². The molecule has 0 radical (unpaired) electrons. The molecular weight excluding hydrogens is 226 g/mol. The first-order valence-corrected chi connectivity index (χ1v) is 6.09. The molecule has 0 bridgehead atoms. The monoisotopic (exact) mass is 240 g/mol. The number of aliphatic imine (C=N–C) groups is 1. The molecule has 0 aliphatic heterocycles. The number of hydrogen-bond donors (Lipinski definition) is 0. The van der Waals surface area contributed by atoms with Gasteiger partial charge in [0.2, 0.25) is 0 Å². The average molecular weight is 240 g/mol. The number of rotatable bonds is 3. The third kappa shape index (κ3) is 3.14. The zero-order valence-electron chi connectivity index (χ0n) is 9.76. The van der Waals surface area contributed by atoms with Gasteiger partial charge in [0.25, 0.3) is 0 Å². The van der Waals surface area contributed by atoms with Crippen molar-refractivity contribution in [3.8, 4) is 0 Å². The highest BCUT2D eigenvalue weighted by Crippen LogP contribution is 2.17. The second kappa shape index (κ2) is 5.60. The lowest BCUT2D eigenvalue weighted by atomic mass is 10.1. The topological polar surface area (TPSA) is 12.4 Å². The zero-order valence-corrected chi connectivity index (χ0v) is 10.6. The van der Waals surface area contributed by atoms with Crippen LogP contribution < -0.4 is 0 Å². The van der Waals surface area contributed by atoms with Crippen LogP contribution in [0.1, 0.15) is 18.1 Å². The van der Waals surface area contributed by atoms with Crippen LogP contribution in [-0.2, 0) is 19.0 Å². The highest BCUT2D eigenvalue weighted by Gasteiger charge is 1.90. The maximum Gasteiger partial charge on any atom is 0.0438 e. The Morgan fingerprint density at radius 1 is 1.06 bits per heavy atom. The van der Waals surface area contributed by atoms with Gasteiger partial charge in [0.1, 0.15) is 0 Å². The van der Waals surface area contributed by atoms with Crippen LogP contribution in [0.5, 0.6) is 0 Å². The third-order valence-electron chi connectivity index (χ3n) is 2.61. The van der Waals surface area contributed by atoms with Crippen molar-refractivity contribution in [3.05, 3.63) is 59.7 Å². The Bertz CT molecular complexity index is 515. The highest BCUT2D eigenvalue weighted by atomic mass is 32.1. The van der Waals surface area contributed by atoms with Gasteiger partial charge < -0.3 is 12.6 Å². The molecule has 0 aliphatic carbocycles. The van der Waals surface area contributed by atoms with Crippen molar-refractivity contribution in [2.24, 2.45) is 4.99 Å². The van der Waals surface area contributed by atoms with Gasteiger partial charge in [-0.25, -0.2) is 0 Å². The fourth-order valence-electron chi connectivity index (χ4n) is 1.55. The van der Waals surface area contributed by atoms with Crippen LogP contribution in [0, 0.1) is 0 Å². The molecule has 0 fully saturated rings. The van der Waals surface area contributed by atoms with Gasteiger partial charge in [-0.2, -0.15) is 0 Å². The van der Waals surface area contributed by atoms with Crippen molar-refractivity contribution >= 4 is 24.5 Å². The van der Waals surface area contributed by atoms with Crippen molar-refractivity contribution < 1.29 is 0 Å². The van der Waals surface area contributed by atoms with Crippen LogP contribution in [0.15, 0.2) is 58.4 Å². The number of benzene rings is 2. The van der Waals surface area contributed by atoms with Crippen molar-refractivity contribution in [1.29, 1.82) is 0 Å². The molecule has 0 spiro atoms. The van der Waals surface area contributed by atoms with Crippen molar-refractivity contribution in [3.63, 3.8) is 0 Å². The van der Waals surface area contributed by atoms with E-state index >= 15 is 0 Å². The lowest BCUT2D eigenvalue weighted by Crippen LogP contribution is -1.83. The predicted molar refractivity (Wildman–Crippen MR) is 75.1 cm³/mol. The quantitative estimate of drug-likeness (QED) is 0.585. The summed E-state index contributed by atoms with van der Waals surface area (Å²) in [7, 11) is 0. The van der Waals surface area contributed by atoms with Gasteiger partial charge in [0.15, 0.2) is 0 Å². The molecule has 0 atom stereocenters. The Morgan fingerprint density at radius 3 is 2.41 bits per heavy atom. The number of para-hydroxylation sites is 1. The summed E-state index contributed by atoms with van der Waals surface area (Å²) < 4.78 is 0. The Morgan fingerprint density at radius 2 is 1.76 bits per heavy atom. The normalized spacial score (nSPS) is 10.9. The summed E-state index contributed by atoms with van der Waals surface area (Å²) >= 11 is 5.19. The first kappa shape index (κ1) is 11.8. The maximum absolute atomic E-state index is 5.19. The number of hydrogen-bond acceptors (Lipinski definition) is 2. The number of nitrogens with zero attached hydrogens (tertiary/aromatic N) is 1. The summed E-state index contributed by atoms with van der Waals surface area (Å²) in [5.74, 6) is 0. The minimum Gasteiger partial charge on any atom is -0.778 e. The smallest absolute Gasteiger partial charge is 0.0438 e. The van der Waals surface area contributed by atoms with Crippen LogP contribution in [0.4, 0.5) is 5.69 Å². The lowest BCUT2D eigenvalue weighted by Gasteiger charge is -2.08. The van der Waals surface area contributed by atoms with E-state index in [0.717, 1.165) is 22.6 Å². The minimum absolute atomic E-state index is 0.786. The molecule has 0 heterocycles. The Hall–Kier alpha value is -1.67. The molecule has 1 nitrogen and oxygen atoms in total. The van der Waals surface area contributed by atoms with Crippen LogP contribution in [0.2, 0.25) is 0 Å². The van der Waals surface area contributed by atoms with E-state index < -0.39 is 0 Å². The van der Waals surface area contributed by atoms with Crippen molar-refractivity contribution in [1.82, 2.24) is 0 Å². The van der Waals surface area contributed by atoms with Crippen LogP contribution in [-0.4, -0.2) is 6.21 Å². The highest BCUT2D eigenvalue weighted by molar-refractivity contribution is 7.59. The van der Waals surface area contributed by atoms with E-state index in [9.17, 15) is 0 Å². The van der Waals surface area contributed by atoms with Crippen molar-refractivity contribution in [2.45, 2.75) is 18.2 Å². The van der Waals surface area contributed by atoms with Gasteiger partial charge in [-0.15, -0.1) is 4.90 Å². The first-order chi connectivity index (χ1) is 8.29. The van der Waals surface area contributed by atoms with E-state index in [1.807, 2.05) is 30.5 Å². The second-order valence-corrected chi connectivity index (χ2v) is 4.26. The fourth-order valence-corrected chi connectivity index (χ4v) is 1.75. The molecule has 2 rings (SSSR count). The van der Waals surface area contributed by atoms with Gasteiger partial charge in [0, 0.05) is 11.9 Å². The Balaban J connectivity index is 2.17. The summed E-state index contributed by atoms with van der Waals surface area (Å²) in [5.41, 5.74) is 3.29. The second-order valence-electron chi connectivity index (χ2n) is 3.82. The van der Waals surface area contributed by atoms with E-state index in [2.05, 4.69) is 36.2 Å². The average Bonchev–Trinajstić information content (AvgIpc) is 2.38. The molecule has 0 aliphatic rings. The Kier molecular flexibility index (Phi) is 3.89. The summed E-state index contributed by atoms with van der Waals surface area (Å²) in [6.07, 6.45) is 2.91. The molecule has 2 aromatic carbocycles. The van der Waals surface area contributed by atoms with Gasteiger partial charge in [-0.3, -0.25) is 4.99 Å². The molecule has 0 saturated carbocycles. The van der Waals surface area contributed by atoms with Crippen LogP contribution >= 0.6 is 0 Å². The van der Waals surface area contributed by atoms with Gasteiger partial charge in [-0.1, -0.05) is 49.4 Å². The molecule has 0 N–H and O–H groups in total. The van der Waals surface area contributed by atoms with E-state index in [0.29, 0.717) is 0 Å². The standard InChI is InChI=1S/C15H15NS/c1-2-12-7-9-13(10-8-12)11-16-14-5-3-4-6-15(14)17/h3-11,17H,2H2,1H3/p-1. The largest absolute Gasteiger partial charge is 0.778 e. The number of aryl methyl sites for hydroxylation is 1. The maximum atomic E-state index is 5.19.